The van der Waals surface area contributed by atoms with Gasteiger partial charge in [0.25, 0.3) is 15.9 Å². The summed E-state index contributed by atoms with van der Waals surface area (Å²) in [5.74, 6) is -1.44. The molecule has 0 saturated carbocycles. The topological polar surface area (TPSA) is 170 Å². The number of fused-ring (bicyclic) bond motifs is 1. The largest absolute Gasteiger partial charge is 0.486 e. The second-order valence-corrected chi connectivity index (χ2v) is 12.5. The van der Waals surface area contributed by atoms with Crippen LogP contribution in [-0.2, 0) is 19.6 Å². The van der Waals surface area contributed by atoms with Gasteiger partial charge in [-0.15, -0.1) is 5.10 Å². The molecule has 3 N–H and O–H groups in total. The summed E-state index contributed by atoms with van der Waals surface area (Å²) in [6, 6.07) is 3.41. The lowest BCUT2D eigenvalue weighted by Crippen LogP contribution is -2.45. The molecule has 0 fully saturated rings. The molecular formula is C25H31F5N4O9S. The van der Waals surface area contributed by atoms with Gasteiger partial charge in [-0.2, -0.15) is 22.0 Å². The lowest BCUT2D eigenvalue weighted by molar-refractivity contribution is -0.242. The molecular weight excluding hydrogens is 627 g/mol. The Morgan fingerprint density at radius 1 is 1.20 bits per heavy atom. The molecule has 3 rings (SSSR count). The van der Waals surface area contributed by atoms with Crippen molar-refractivity contribution in [1.29, 1.82) is 0 Å². The number of hydrogen-bond acceptors (Lipinski definition) is 10. The number of carbonyl (C=O) groups excluding carboxylic acids is 2. The Morgan fingerprint density at radius 3 is 2.43 bits per heavy atom. The van der Waals surface area contributed by atoms with Gasteiger partial charge in [-0.1, -0.05) is 0 Å². The molecule has 2 aromatic rings. The van der Waals surface area contributed by atoms with Crippen LogP contribution >= 0.6 is 0 Å². The number of anilines is 2. The first-order chi connectivity index (χ1) is 20.2. The zero-order chi connectivity index (χ0) is 33.3. The van der Waals surface area contributed by atoms with Gasteiger partial charge in [0, 0.05) is 12.1 Å². The van der Waals surface area contributed by atoms with Crippen molar-refractivity contribution in [2.24, 2.45) is 0 Å². The number of carbonyl (C=O) groups is 2. The predicted molar refractivity (Wildman–Crippen MR) is 142 cm³/mol. The van der Waals surface area contributed by atoms with Crippen molar-refractivity contribution in [3.05, 3.63) is 24.4 Å². The van der Waals surface area contributed by atoms with Crippen LogP contribution in [-0.4, -0.2) is 83.5 Å². The van der Waals surface area contributed by atoms with Crippen LogP contribution in [0.3, 0.4) is 0 Å². The summed E-state index contributed by atoms with van der Waals surface area (Å²) in [4.78, 5) is 23.7. The van der Waals surface area contributed by atoms with E-state index in [1.165, 1.54) is 26.0 Å². The standard InChI is InChI=1S/C25H31F5N4O9S/c1-23(2,38)19(36)8-6-15-12-34(44(39,40)18-13-33(21(26)27)32-20(18)41-10-9-35)16-11-14(5-7-17(16)42-15)31-22(37)43-24(3,4)25(28,29)30/h5,7,11,13,15,21,35,38H,6,8-10,12H2,1-4H3,(H,31,37)/t15-/m0/s1. The molecule has 0 saturated heterocycles. The van der Waals surface area contributed by atoms with E-state index in [4.69, 9.17) is 14.6 Å². The van der Waals surface area contributed by atoms with E-state index in [9.17, 15) is 45.1 Å². The first-order valence-corrected chi connectivity index (χ1v) is 14.4. The number of nitrogens with zero attached hydrogens (tertiary/aromatic N) is 3. The SMILES string of the molecule is CC(C)(O)C(=O)CC[C@H]1CN(S(=O)(=O)c2cn(C(F)F)nc2OCCO)c2cc(NC(=O)OC(C)(C)C(F)(F)F)ccc2O1. The Balaban J connectivity index is 2.04. The fourth-order valence-corrected chi connectivity index (χ4v) is 5.36. The van der Waals surface area contributed by atoms with Gasteiger partial charge in [-0.25, -0.2) is 17.9 Å². The molecule has 1 amide bonds. The number of ether oxygens (including phenoxy) is 3. The fraction of sp³-hybridized carbons (Fsp3) is 0.560. The minimum Gasteiger partial charge on any atom is -0.486 e. The van der Waals surface area contributed by atoms with E-state index in [-0.39, 0.29) is 34.6 Å². The van der Waals surface area contributed by atoms with Crippen LogP contribution < -0.4 is 19.1 Å². The first-order valence-electron chi connectivity index (χ1n) is 12.9. The van der Waals surface area contributed by atoms with Gasteiger partial charge in [0.2, 0.25) is 5.60 Å². The van der Waals surface area contributed by atoms with E-state index in [1.807, 2.05) is 0 Å². The molecule has 1 aliphatic rings. The Kier molecular flexibility index (Phi) is 10.1. The number of sulfonamides is 1. The average Bonchev–Trinajstić information content (AvgIpc) is 3.34. The van der Waals surface area contributed by atoms with Gasteiger partial charge in [0.05, 0.1) is 25.0 Å². The Bertz CT molecular complexity index is 1470. The Hall–Kier alpha value is -3.71. The summed E-state index contributed by atoms with van der Waals surface area (Å²) in [6.45, 7) is -1.08. The number of aliphatic hydroxyl groups excluding tert-OH is 1. The number of nitrogens with one attached hydrogen (secondary N) is 1. The highest BCUT2D eigenvalue weighted by Crippen LogP contribution is 2.41. The van der Waals surface area contributed by atoms with Crippen LogP contribution in [0.15, 0.2) is 29.3 Å². The lowest BCUT2D eigenvalue weighted by atomic mass is 9.98. The van der Waals surface area contributed by atoms with Crippen molar-refractivity contribution in [1.82, 2.24) is 9.78 Å². The first kappa shape index (κ1) is 34.8. The van der Waals surface area contributed by atoms with E-state index in [0.717, 1.165) is 6.07 Å². The van der Waals surface area contributed by atoms with Crippen molar-refractivity contribution in [2.45, 2.75) is 75.5 Å². The second-order valence-electron chi connectivity index (χ2n) is 10.6. The second kappa shape index (κ2) is 12.7. The summed E-state index contributed by atoms with van der Waals surface area (Å²) in [5, 5.41) is 24.6. The summed E-state index contributed by atoms with van der Waals surface area (Å²) in [6.07, 6.45) is -7.23. The molecule has 13 nitrogen and oxygen atoms in total. The third-order valence-corrected chi connectivity index (χ3v) is 8.07. The number of halogens is 5. The summed E-state index contributed by atoms with van der Waals surface area (Å²) < 4.78 is 110. The normalized spacial score (nSPS) is 15.9. The van der Waals surface area contributed by atoms with Gasteiger partial charge in [-0.3, -0.25) is 14.4 Å². The number of aromatic nitrogens is 2. The highest BCUT2D eigenvalue weighted by Gasteiger charge is 2.51. The molecule has 1 aromatic carbocycles. The molecule has 1 atom stereocenters. The van der Waals surface area contributed by atoms with Gasteiger partial charge >= 0.3 is 18.8 Å². The van der Waals surface area contributed by atoms with Crippen molar-refractivity contribution in [2.75, 3.05) is 29.4 Å². The minimum atomic E-state index is -4.90. The van der Waals surface area contributed by atoms with E-state index < -0.39 is 82.5 Å². The average molecular weight is 659 g/mol. The van der Waals surface area contributed by atoms with Crippen LogP contribution in [0.25, 0.3) is 0 Å². The minimum absolute atomic E-state index is 0.0246. The number of amides is 1. The van der Waals surface area contributed by atoms with Crippen molar-refractivity contribution in [3.8, 4) is 11.6 Å². The Labute approximate surface area is 248 Å². The van der Waals surface area contributed by atoms with E-state index in [1.54, 1.807) is 0 Å². The number of alkyl halides is 5. The number of aliphatic hydroxyl groups is 2. The third-order valence-electron chi connectivity index (χ3n) is 6.31. The fourth-order valence-electron chi connectivity index (χ4n) is 3.79. The molecule has 0 spiro atoms. The number of rotatable bonds is 12. The van der Waals surface area contributed by atoms with Gasteiger partial charge in [0.1, 0.15) is 24.1 Å². The highest BCUT2D eigenvalue weighted by atomic mass is 32.2. The predicted octanol–water partition coefficient (Wildman–Crippen LogP) is 3.62. The van der Waals surface area contributed by atoms with E-state index in [2.05, 4.69) is 15.2 Å². The lowest BCUT2D eigenvalue weighted by Gasteiger charge is -2.36. The summed E-state index contributed by atoms with van der Waals surface area (Å²) >= 11 is 0. The molecule has 44 heavy (non-hydrogen) atoms. The molecule has 0 unspecified atom stereocenters. The number of benzene rings is 1. The van der Waals surface area contributed by atoms with Crippen LogP contribution in [0, 0.1) is 0 Å². The van der Waals surface area contributed by atoms with Crippen LogP contribution in [0.2, 0.25) is 0 Å². The van der Waals surface area contributed by atoms with Crippen LogP contribution in [0.4, 0.5) is 38.1 Å². The maximum atomic E-state index is 13.9. The Morgan fingerprint density at radius 2 is 1.86 bits per heavy atom. The quantitative estimate of drug-likeness (QED) is 0.287. The molecule has 246 valence electrons. The van der Waals surface area contributed by atoms with E-state index in [0.29, 0.717) is 24.3 Å². The van der Waals surface area contributed by atoms with Crippen molar-refractivity contribution < 1.29 is 64.4 Å². The van der Waals surface area contributed by atoms with Gasteiger partial charge < -0.3 is 24.4 Å². The maximum Gasteiger partial charge on any atom is 0.427 e. The number of hydrogen-bond donors (Lipinski definition) is 3. The zero-order valence-corrected chi connectivity index (χ0v) is 24.7. The molecule has 1 aliphatic heterocycles. The summed E-state index contributed by atoms with van der Waals surface area (Å²) in [5.41, 5.74) is -5.03. The highest BCUT2D eigenvalue weighted by molar-refractivity contribution is 7.93. The number of ketones is 1. The smallest absolute Gasteiger partial charge is 0.427 e. The number of Topliss-reactive ketones (excluding diaryl/α,β-unsaturated/α-hetero) is 1. The van der Waals surface area contributed by atoms with Crippen molar-refractivity contribution >= 4 is 33.3 Å². The molecule has 0 aliphatic carbocycles. The molecule has 19 heteroatoms. The molecule has 0 radical (unpaired) electrons. The monoisotopic (exact) mass is 658 g/mol. The van der Waals surface area contributed by atoms with Gasteiger partial charge in [-0.05, 0) is 52.3 Å². The van der Waals surface area contributed by atoms with E-state index >= 15 is 0 Å². The van der Waals surface area contributed by atoms with Gasteiger partial charge in [0.15, 0.2) is 10.7 Å². The maximum absolute atomic E-state index is 13.9. The molecule has 0 bridgehead atoms. The van der Waals surface area contributed by atoms with Crippen molar-refractivity contribution in [3.63, 3.8) is 0 Å². The summed E-state index contributed by atoms with van der Waals surface area (Å²) in [7, 11) is -4.84. The molecule has 1 aromatic heterocycles. The van der Waals surface area contributed by atoms with Crippen LogP contribution in [0.5, 0.6) is 11.6 Å². The zero-order valence-electron chi connectivity index (χ0n) is 23.9. The molecule has 2 heterocycles. The third kappa shape index (κ3) is 7.86. The van der Waals surface area contributed by atoms with Crippen LogP contribution in [0.1, 0.15) is 47.1 Å².